The van der Waals surface area contributed by atoms with E-state index in [4.69, 9.17) is 10.5 Å². The molecular formula is C16H22N4O. The SMILES string of the molecule is CCOc1nc(C(C)C)nc(NCc2ccccc2)c1N. The molecule has 0 saturated carbocycles. The average molecular weight is 286 g/mol. The number of nitrogens with one attached hydrogen (secondary N) is 1. The molecule has 2 rings (SSSR count). The van der Waals surface area contributed by atoms with Gasteiger partial charge in [0, 0.05) is 12.5 Å². The highest BCUT2D eigenvalue weighted by Gasteiger charge is 2.14. The summed E-state index contributed by atoms with van der Waals surface area (Å²) in [6.45, 7) is 7.18. The second-order valence-corrected chi connectivity index (χ2v) is 5.08. The molecule has 0 aliphatic rings. The number of nitrogens with zero attached hydrogens (tertiary/aromatic N) is 2. The highest BCUT2D eigenvalue weighted by molar-refractivity contribution is 5.67. The largest absolute Gasteiger partial charge is 0.476 e. The first-order chi connectivity index (χ1) is 10.1. The van der Waals surface area contributed by atoms with Crippen molar-refractivity contribution < 1.29 is 4.74 Å². The minimum absolute atomic E-state index is 0.210. The monoisotopic (exact) mass is 286 g/mol. The maximum atomic E-state index is 6.09. The zero-order valence-electron chi connectivity index (χ0n) is 12.8. The number of ether oxygens (including phenoxy) is 1. The Morgan fingerprint density at radius 3 is 2.52 bits per heavy atom. The van der Waals surface area contributed by atoms with Gasteiger partial charge in [-0.3, -0.25) is 0 Å². The minimum Gasteiger partial charge on any atom is -0.476 e. The molecule has 2 aromatic rings. The quantitative estimate of drug-likeness (QED) is 0.853. The van der Waals surface area contributed by atoms with Gasteiger partial charge in [0.25, 0.3) is 0 Å². The summed E-state index contributed by atoms with van der Waals surface area (Å²) in [7, 11) is 0. The van der Waals surface area contributed by atoms with Crippen LogP contribution in [0.2, 0.25) is 0 Å². The molecule has 0 aliphatic carbocycles. The fourth-order valence-electron chi connectivity index (χ4n) is 1.89. The summed E-state index contributed by atoms with van der Waals surface area (Å²) in [5.74, 6) is 2.01. The third-order valence-electron chi connectivity index (χ3n) is 3.03. The third kappa shape index (κ3) is 3.84. The van der Waals surface area contributed by atoms with Gasteiger partial charge in [-0.2, -0.15) is 4.98 Å². The summed E-state index contributed by atoms with van der Waals surface area (Å²) < 4.78 is 5.50. The van der Waals surface area contributed by atoms with Crippen LogP contribution in [-0.2, 0) is 6.54 Å². The highest BCUT2D eigenvalue weighted by atomic mass is 16.5. The first kappa shape index (κ1) is 15.1. The lowest BCUT2D eigenvalue weighted by Crippen LogP contribution is -2.11. The summed E-state index contributed by atoms with van der Waals surface area (Å²) in [6.07, 6.45) is 0. The van der Waals surface area contributed by atoms with Gasteiger partial charge in [0.05, 0.1) is 6.61 Å². The number of rotatable bonds is 6. The number of anilines is 2. The van der Waals surface area contributed by atoms with E-state index in [-0.39, 0.29) is 5.92 Å². The predicted molar refractivity (Wildman–Crippen MR) is 85.5 cm³/mol. The molecule has 0 saturated heterocycles. The first-order valence-corrected chi connectivity index (χ1v) is 7.19. The zero-order chi connectivity index (χ0) is 15.2. The van der Waals surface area contributed by atoms with Crippen molar-refractivity contribution in [3.8, 4) is 5.88 Å². The van der Waals surface area contributed by atoms with Crippen LogP contribution in [0.25, 0.3) is 0 Å². The standard InChI is InChI=1S/C16H22N4O/c1-4-21-16-13(17)15(19-14(20-16)11(2)3)18-10-12-8-6-5-7-9-12/h5-9,11H,4,10,17H2,1-3H3,(H,18,19,20). The Labute approximate surface area is 125 Å². The van der Waals surface area contributed by atoms with Crippen molar-refractivity contribution in [1.29, 1.82) is 0 Å². The lowest BCUT2D eigenvalue weighted by Gasteiger charge is -2.15. The molecule has 0 amide bonds. The highest BCUT2D eigenvalue weighted by Crippen LogP contribution is 2.28. The van der Waals surface area contributed by atoms with Crippen molar-refractivity contribution in [2.75, 3.05) is 17.7 Å². The Hall–Kier alpha value is -2.30. The Morgan fingerprint density at radius 2 is 1.90 bits per heavy atom. The van der Waals surface area contributed by atoms with Crippen molar-refractivity contribution in [2.24, 2.45) is 0 Å². The van der Waals surface area contributed by atoms with Crippen LogP contribution < -0.4 is 15.8 Å². The topological polar surface area (TPSA) is 73.1 Å². The minimum atomic E-state index is 0.210. The zero-order valence-corrected chi connectivity index (χ0v) is 12.8. The van der Waals surface area contributed by atoms with E-state index in [0.717, 1.165) is 5.82 Å². The first-order valence-electron chi connectivity index (χ1n) is 7.19. The number of hydrogen-bond acceptors (Lipinski definition) is 5. The fourth-order valence-corrected chi connectivity index (χ4v) is 1.89. The van der Waals surface area contributed by atoms with Gasteiger partial charge in [0.1, 0.15) is 11.5 Å². The molecule has 0 unspecified atom stereocenters. The lowest BCUT2D eigenvalue weighted by molar-refractivity contribution is 0.326. The van der Waals surface area contributed by atoms with E-state index < -0.39 is 0 Å². The maximum absolute atomic E-state index is 6.09. The van der Waals surface area contributed by atoms with Gasteiger partial charge in [-0.15, -0.1) is 0 Å². The van der Waals surface area contributed by atoms with Crippen molar-refractivity contribution in [1.82, 2.24) is 9.97 Å². The van der Waals surface area contributed by atoms with Crippen LogP contribution in [-0.4, -0.2) is 16.6 Å². The Balaban J connectivity index is 2.24. The van der Waals surface area contributed by atoms with Crippen LogP contribution in [0.5, 0.6) is 5.88 Å². The summed E-state index contributed by atoms with van der Waals surface area (Å²) in [6, 6.07) is 10.1. The number of hydrogen-bond donors (Lipinski definition) is 2. The van der Waals surface area contributed by atoms with Gasteiger partial charge in [-0.05, 0) is 12.5 Å². The second-order valence-electron chi connectivity index (χ2n) is 5.08. The van der Waals surface area contributed by atoms with E-state index in [1.165, 1.54) is 5.56 Å². The molecule has 0 bridgehead atoms. The summed E-state index contributed by atoms with van der Waals surface area (Å²) in [4.78, 5) is 8.88. The maximum Gasteiger partial charge on any atom is 0.242 e. The molecule has 21 heavy (non-hydrogen) atoms. The van der Waals surface area contributed by atoms with E-state index in [2.05, 4.69) is 27.4 Å². The van der Waals surface area contributed by atoms with Gasteiger partial charge in [0.15, 0.2) is 5.82 Å². The Morgan fingerprint density at radius 1 is 1.19 bits per heavy atom. The molecule has 5 heteroatoms. The van der Waals surface area contributed by atoms with Crippen LogP contribution in [0.15, 0.2) is 30.3 Å². The van der Waals surface area contributed by atoms with Gasteiger partial charge in [-0.25, -0.2) is 4.98 Å². The molecule has 0 spiro atoms. The van der Waals surface area contributed by atoms with E-state index in [1.807, 2.05) is 39.0 Å². The van der Waals surface area contributed by atoms with Crippen LogP contribution in [0, 0.1) is 0 Å². The molecule has 0 aliphatic heterocycles. The predicted octanol–water partition coefficient (Wildman–Crippen LogP) is 3.19. The van der Waals surface area contributed by atoms with E-state index in [9.17, 15) is 0 Å². The molecule has 0 atom stereocenters. The number of aromatic nitrogens is 2. The molecule has 1 heterocycles. The summed E-state index contributed by atoms with van der Waals surface area (Å²) >= 11 is 0. The van der Waals surface area contributed by atoms with Gasteiger partial charge >= 0.3 is 0 Å². The molecular weight excluding hydrogens is 264 g/mol. The third-order valence-corrected chi connectivity index (χ3v) is 3.03. The lowest BCUT2D eigenvalue weighted by atomic mass is 10.2. The van der Waals surface area contributed by atoms with Gasteiger partial charge in [-0.1, -0.05) is 44.2 Å². The fraction of sp³-hybridized carbons (Fsp3) is 0.375. The number of nitrogens with two attached hydrogens (primary N) is 1. The van der Waals surface area contributed by atoms with Crippen LogP contribution >= 0.6 is 0 Å². The van der Waals surface area contributed by atoms with Crippen molar-refractivity contribution >= 4 is 11.5 Å². The molecule has 112 valence electrons. The van der Waals surface area contributed by atoms with Crippen molar-refractivity contribution in [2.45, 2.75) is 33.2 Å². The smallest absolute Gasteiger partial charge is 0.242 e. The Kier molecular flexibility index (Phi) is 4.98. The average Bonchev–Trinajstić information content (AvgIpc) is 2.49. The van der Waals surface area contributed by atoms with Crippen LogP contribution in [0.4, 0.5) is 11.5 Å². The normalized spacial score (nSPS) is 10.7. The summed E-state index contributed by atoms with van der Waals surface area (Å²) in [5.41, 5.74) is 7.71. The van der Waals surface area contributed by atoms with Gasteiger partial charge < -0.3 is 15.8 Å². The number of benzene rings is 1. The molecule has 0 fully saturated rings. The number of nitrogen functional groups attached to an aromatic ring is 1. The van der Waals surface area contributed by atoms with Gasteiger partial charge in [0.2, 0.25) is 5.88 Å². The van der Waals surface area contributed by atoms with E-state index in [1.54, 1.807) is 0 Å². The van der Waals surface area contributed by atoms with Crippen LogP contribution in [0.3, 0.4) is 0 Å². The second kappa shape index (κ2) is 6.92. The molecule has 3 N–H and O–H groups in total. The van der Waals surface area contributed by atoms with Crippen molar-refractivity contribution in [3.05, 3.63) is 41.7 Å². The van der Waals surface area contributed by atoms with E-state index in [0.29, 0.717) is 30.5 Å². The molecule has 0 radical (unpaired) electrons. The molecule has 1 aromatic carbocycles. The van der Waals surface area contributed by atoms with Crippen LogP contribution in [0.1, 0.15) is 38.1 Å². The molecule has 1 aromatic heterocycles. The Bertz CT molecular complexity index is 584. The molecule has 5 nitrogen and oxygen atoms in total. The van der Waals surface area contributed by atoms with Crippen molar-refractivity contribution in [3.63, 3.8) is 0 Å². The summed E-state index contributed by atoms with van der Waals surface area (Å²) in [5, 5.41) is 3.27. The van der Waals surface area contributed by atoms with E-state index >= 15 is 0 Å².